The van der Waals surface area contributed by atoms with Crippen molar-refractivity contribution < 1.29 is 0 Å². The predicted octanol–water partition coefficient (Wildman–Crippen LogP) is 3.84. The third kappa shape index (κ3) is 2.96. The van der Waals surface area contributed by atoms with Crippen molar-refractivity contribution in [2.24, 2.45) is 0 Å². The van der Waals surface area contributed by atoms with Crippen LogP contribution in [-0.4, -0.2) is 13.1 Å². The summed E-state index contributed by atoms with van der Waals surface area (Å²) in [6, 6.07) is 10.4. The molecule has 2 rings (SSSR count). The number of aromatic nitrogens is 1. The average Bonchev–Trinajstić information content (AvgIpc) is 2.67. The summed E-state index contributed by atoms with van der Waals surface area (Å²) < 4.78 is 2.63. The Morgan fingerprint density at radius 2 is 1.81 bits per heavy atom. The molecule has 0 amide bonds. The Balaban J connectivity index is 2.15. The fourth-order valence-corrected chi connectivity index (χ4v) is 5.15. The van der Waals surface area contributed by atoms with E-state index < -0.39 is 8.07 Å². The van der Waals surface area contributed by atoms with E-state index in [9.17, 15) is 0 Å². The highest BCUT2D eigenvalue weighted by Gasteiger charge is 2.19. The van der Waals surface area contributed by atoms with Gasteiger partial charge in [0.15, 0.2) is 4.34 Å². The number of benzene rings is 1. The minimum atomic E-state index is -1.19. The molecule has 1 aromatic carbocycles. The minimum Gasteiger partial charge on any atom is -0.238 e. The Kier molecular flexibility index (Phi) is 3.52. The van der Waals surface area contributed by atoms with Crippen LogP contribution in [0.3, 0.4) is 0 Å². The van der Waals surface area contributed by atoms with Gasteiger partial charge >= 0.3 is 0 Å². The molecule has 0 atom stereocenters. The fourth-order valence-electron chi connectivity index (χ4n) is 1.24. The van der Waals surface area contributed by atoms with Crippen molar-refractivity contribution in [1.82, 2.24) is 4.98 Å². The molecular weight excluding hydrogens is 250 g/mol. The number of nitrogens with zero attached hydrogens (tertiary/aromatic N) is 1. The van der Waals surface area contributed by atoms with Gasteiger partial charge in [0, 0.05) is 15.6 Å². The summed E-state index contributed by atoms with van der Waals surface area (Å²) in [6.45, 7) is 7.08. The van der Waals surface area contributed by atoms with Crippen LogP contribution in [0.5, 0.6) is 0 Å². The summed E-state index contributed by atoms with van der Waals surface area (Å²) in [5.74, 6) is 0. The third-order valence-electron chi connectivity index (χ3n) is 2.17. The molecule has 0 saturated heterocycles. The molecular formula is C12H15NS2Si. The monoisotopic (exact) mass is 265 g/mol. The molecule has 0 spiro atoms. The smallest absolute Gasteiger partial charge is 0.154 e. The van der Waals surface area contributed by atoms with Crippen molar-refractivity contribution in [2.45, 2.75) is 28.9 Å². The first kappa shape index (κ1) is 11.9. The quantitative estimate of drug-likeness (QED) is 0.782. The van der Waals surface area contributed by atoms with Gasteiger partial charge in [-0.15, -0.1) is 11.3 Å². The van der Waals surface area contributed by atoms with Crippen molar-refractivity contribution in [1.29, 1.82) is 0 Å². The van der Waals surface area contributed by atoms with E-state index in [-0.39, 0.29) is 0 Å². The van der Waals surface area contributed by atoms with E-state index in [0.29, 0.717) is 0 Å². The molecule has 1 nitrogen and oxygen atoms in total. The van der Waals surface area contributed by atoms with Crippen molar-refractivity contribution in [3.05, 3.63) is 36.5 Å². The normalized spacial score (nSPS) is 11.7. The lowest BCUT2D eigenvalue weighted by Gasteiger charge is -2.11. The maximum atomic E-state index is 4.49. The Hall–Kier alpha value is -0.583. The summed E-state index contributed by atoms with van der Waals surface area (Å²) in [5.41, 5.74) is 0. The van der Waals surface area contributed by atoms with Crippen molar-refractivity contribution >= 4 is 35.7 Å². The Morgan fingerprint density at radius 3 is 2.38 bits per heavy atom. The molecule has 0 aliphatic carbocycles. The Morgan fingerprint density at radius 1 is 1.12 bits per heavy atom. The standard InChI is InChI=1S/C12H15NS2Si/c1-16(2,3)11-9-13-12(15-11)14-10-7-5-4-6-8-10/h4-9H,1-3H3. The van der Waals surface area contributed by atoms with E-state index in [1.807, 2.05) is 17.4 Å². The largest absolute Gasteiger partial charge is 0.238 e. The van der Waals surface area contributed by atoms with Crippen LogP contribution in [0.15, 0.2) is 45.8 Å². The van der Waals surface area contributed by atoms with E-state index in [1.54, 1.807) is 11.8 Å². The van der Waals surface area contributed by atoms with Gasteiger partial charge in [0.25, 0.3) is 0 Å². The zero-order valence-electron chi connectivity index (χ0n) is 9.73. The van der Waals surface area contributed by atoms with E-state index in [0.717, 1.165) is 4.34 Å². The lowest BCUT2D eigenvalue weighted by molar-refractivity contribution is 1.25. The van der Waals surface area contributed by atoms with E-state index in [2.05, 4.69) is 55.1 Å². The van der Waals surface area contributed by atoms with Crippen LogP contribution in [0.4, 0.5) is 0 Å². The first-order valence-electron chi connectivity index (χ1n) is 5.25. The third-order valence-corrected chi connectivity index (χ3v) is 7.82. The van der Waals surface area contributed by atoms with Gasteiger partial charge in [0.05, 0.1) is 8.07 Å². The molecule has 0 bridgehead atoms. The van der Waals surface area contributed by atoms with Gasteiger partial charge in [0.2, 0.25) is 0 Å². The van der Waals surface area contributed by atoms with Crippen LogP contribution in [0, 0.1) is 0 Å². The van der Waals surface area contributed by atoms with E-state index in [4.69, 9.17) is 0 Å². The average molecular weight is 265 g/mol. The second-order valence-corrected chi connectivity index (χ2v) is 12.4. The lowest BCUT2D eigenvalue weighted by atomic mass is 10.4. The van der Waals surface area contributed by atoms with Gasteiger partial charge < -0.3 is 0 Å². The molecule has 1 aromatic heterocycles. The number of hydrogen-bond donors (Lipinski definition) is 0. The molecule has 0 unspecified atom stereocenters. The molecule has 0 fully saturated rings. The summed E-state index contributed by atoms with van der Waals surface area (Å²) in [6.07, 6.45) is 2.06. The van der Waals surface area contributed by atoms with Crippen LogP contribution >= 0.6 is 23.1 Å². The van der Waals surface area contributed by atoms with Crippen molar-refractivity contribution in [3.8, 4) is 0 Å². The highest BCUT2D eigenvalue weighted by Crippen LogP contribution is 2.28. The molecule has 0 aliphatic heterocycles. The molecule has 0 aliphatic rings. The van der Waals surface area contributed by atoms with Gasteiger partial charge in [0.1, 0.15) is 0 Å². The Bertz CT molecular complexity index is 459. The van der Waals surface area contributed by atoms with Crippen LogP contribution in [0.2, 0.25) is 19.6 Å². The Labute approximate surface area is 106 Å². The van der Waals surface area contributed by atoms with Crippen LogP contribution in [0.25, 0.3) is 0 Å². The maximum absolute atomic E-state index is 4.49. The minimum absolute atomic E-state index is 1.16. The highest BCUT2D eigenvalue weighted by atomic mass is 32.2. The van der Waals surface area contributed by atoms with Crippen molar-refractivity contribution in [3.63, 3.8) is 0 Å². The number of thiazole rings is 1. The first-order valence-corrected chi connectivity index (χ1v) is 10.4. The second-order valence-electron chi connectivity index (χ2n) is 4.66. The summed E-state index contributed by atoms with van der Waals surface area (Å²) in [4.78, 5) is 5.76. The predicted molar refractivity (Wildman–Crippen MR) is 75.7 cm³/mol. The van der Waals surface area contributed by atoms with Gasteiger partial charge in [-0.2, -0.15) is 0 Å². The highest BCUT2D eigenvalue weighted by molar-refractivity contribution is 8.01. The van der Waals surface area contributed by atoms with Gasteiger partial charge in [-0.05, 0) is 12.1 Å². The van der Waals surface area contributed by atoms with Crippen LogP contribution in [-0.2, 0) is 0 Å². The summed E-state index contributed by atoms with van der Waals surface area (Å²) in [7, 11) is -1.19. The number of hydrogen-bond acceptors (Lipinski definition) is 3. The SMILES string of the molecule is C[Si](C)(C)c1cnc(Sc2ccccc2)s1. The topological polar surface area (TPSA) is 12.9 Å². The van der Waals surface area contributed by atoms with E-state index >= 15 is 0 Å². The molecule has 0 saturated carbocycles. The molecule has 84 valence electrons. The van der Waals surface area contributed by atoms with Crippen LogP contribution in [0.1, 0.15) is 0 Å². The molecule has 0 N–H and O–H groups in total. The summed E-state index contributed by atoms with van der Waals surface area (Å²) >= 11 is 3.60. The van der Waals surface area contributed by atoms with Gasteiger partial charge in [-0.25, -0.2) is 4.98 Å². The van der Waals surface area contributed by atoms with Crippen molar-refractivity contribution in [2.75, 3.05) is 0 Å². The summed E-state index contributed by atoms with van der Waals surface area (Å²) in [5, 5.41) is 0. The van der Waals surface area contributed by atoms with Gasteiger partial charge in [-0.1, -0.05) is 49.6 Å². The zero-order valence-corrected chi connectivity index (χ0v) is 12.4. The maximum Gasteiger partial charge on any atom is 0.154 e. The van der Waals surface area contributed by atoms with E-state index in [1.165, 1.54) is 9.40 Å². The molecule has 16 heavy (non-hydrogen) atoms. The zero-order chi connectivity index (χ0) is 11.6. The number of rotatable bonds is 3. The second kappa shape index (κ2) is 4.73. The molecule has 1 heterocycles. The molecule has 2 aromatic rings. The van der Waals surface area contributed by atoms with Crippen LogP contribution < -0.4 is 4.50 Å². The molecule has 0 radical (unpaired) electrons. The molecule has 4 heteroatoms. The lowest BCUT2D eigenvalue weighted by Crippen LogP contribution is -2.34. The van der Waals surface area contributed by atoms with Gasteiger partial charge in [-0.3, -0.25) is 0 Å². The fraction of sp³-hybridized carbons (Fsp3) is 0.250. The first-order chi connectivity index (χ1) is 7.55.